The zero-order chi connectivity index (χ0) is 13.1. The molecule has 0 unspecified atom stereocenters. The Kier molecular flexibility index (Phi) is 3.84. The van der Waals surface area contributed by atoms with E-state index < -0.39 is 5.82 Å². The van der Waals surface area contributed by atoms with Gasteiger partial charge in [0.25, 0.3) is 0 Å². The zero-order valence-electron chi connectivity index (χ0n) is 9.86. The lowest BCUT2D eigenvalue weighted by Crippen LogP contribution is -2.06. The first kappa shape index (κ1) is 12.9. The predicted octanol–water partition coefficient (Wildman–Crippen LogP) is 4.29. The van der Waals surface area contributed by atoms with Gasteiger partial charge < -0.3 is 10.5 Å². The van der Waals surface area contributed by atoms with Crippen LogP contribution >= 0.6 is 11.6 Å². The Morgan fingerprint density at radius 3 is 2.61 bits per heavy atom. The third-order valence-electron chi connectivity index (χ3n) is 2.53. The molecule has 0 saturated heterocycles. The number of halogens is 2. The molecule has 2 nitrogen and oxygen atoms in total. The van der Waals surface area contributed by atoms with Crippen LogP contribution in [-0.4, -0.2) is 0 Å². The molecule has 94 valence electrons. The van der Waals surface area contributed by atoms with Gasteiger partial charge in [-0.05, 0) is 25.1 Å². The molecule has 0 saturated carbocycles. The van der Waals surface area contributed by atoms with Crippen molar-refractivity contribution < 1.29 is 9.13 Å². The molecule has 0 aliphatic heterocycles. The minimum atomic E-state index is -0.468. The highest BCUT2D eigenvalue weighted by Crippen LogP contribution is 2.30. The average molecular weight is 266 g/mol. The van der Waals surface area contributed by atoms with Crippen molar-refractivity contribution in [1.29, 1.82) is 0 Å². The number of para-hydroxylation sites is 1. The van der Waals surface area contributed by atoms with Crippen molar-refractivity contribution in [1.82, 2.24) is 0 Å². The third-order valence-corrected chi connectivity index (χ3v) is 2.82. The van der Waals surface area contributed by atoms with Gasteiger partial charge in [-0.25, -0.2) is 4.39 Å². The van der Waals surface area contributed by atoms with Crippen LogP contribution in [0.4, 0.5) is 4.39 Å². The Labute approximate surface area is 110 Å². The van der Waals surface area contributed by atoms with Crippen molar-refractivity contribution in [3.63, 3.8) is 0 Å². The van der Waals surface area contributed by atoms with Crippen molar-refractivity contribution in [3.8, 4) is 11.5 Å². The summed E-state index contributed by atoms with van der Waals surface area (Å²) in [5, 5.41) is 0.0331. The highest BCUT2D eigenvalue weighted by molar-refractivity contribution is 6.30. The van der Waals surface area contributed by atoms with E-state index in [2.05, 4.69) is 0 Å². The second kappa shape index (κ2) is 5.38. The maximum absolute atomic E-state index is 13.0. The van der Waals surface area contributed by atoms with Crippen LogP contribution in [0.1, 0.15) is 18.5 Å². The van der Waals surface area contributed by atoms with Crippen LogP contribution in [0.3, 0.4) is 0 Å². The Morgan fingerprint density at radius 2 is 1.94 bits per heavy atom. The van der Waals surface area contributed by atoms with E-state index in [0.29, 0.717) is 11.5 Å². The number of benzene rings is 2. The first-order valence-corrected chi connectivity index (χ1v) is 5.93. The van der Waals surface area contributed by atoms with Gasteiger partial charge in [0.2, 0.25) is 0 Å². The number of hydrogen-bond acceptors (Lipinski definition) is 2. The molecule has 2 aromatic carbocycles. The van der Waals surface area contributed by atoms with E-state index in [0.717, 1.165) is 5.56 Å². The Morgan fingerprint density at radius 1 is 1.22 bits per heavy atom. The number of hydrogen-bond donors (Lipinski definition) is 1. The zero-order valence-corrected chi connectivity index (χ0v) is 10.6. The largest absolute Gasteiger partial charge is 0.457 e. The Bertz CT molecular complexity index is 557. The van der Waals surface area contributed by atoms with Crippen LogP contribution in [0.25, 0.3) is 0 Å². The van der Waals surface area contributed by atoms with Crippen molar-refractivity contribution in [2.75, 3.05) is 0 Å². The van der Waals surface area contributed by atoms with E-state index in [-0.39, 0.29) is 11.1 Å². The lowest BCUT2D eigenvalue weighted by atomic mass is 10.1. The molecule has 2 aromatic rings. The lowest BCUT2D eigenvalue weighted by Gasteiger charge is -2.13. The molecule has 0 bridgehead atoms. The second-order valence-electron chi connectivity index (χ2n) is 4.00. The molecule has 0 spiro atoms. The summed E-state index contributed by atoms with van der Waals surface area (Å²) in [5.41, 5.74) is 6.74. The van der Waals surface area contributed by atoms with Gasteiger partial charge >= 0.3 is 0 Å². The first-order valence-electron chi connectivity index (χ1n) is 5.55. The first-order chi connectivity index (χ1) is 8.58. The van der Waals surface area contributed by atoms with Gasteiger partial charge in [-0.3, -0.25) is 0 Å². The molecule has 4 heteroatoms. The van der Waals surface area contributed by atoms with Crippen molar-refractivity contribution in [2.45, 2.75) is 13.0 Å². The summed E-state index contributed by atoms with van der Waals surface area (Å²) in [6, 6.07) is 11.5. The highest BCUT2D eigenvalue weighted by atomic mass is 35.5. The van der Waals surface area contributed by atoms with Crippen LogP contribution < -0.4 is 10.5 Å². The summed E-state index contributed by atoms with van der Waals surface area (Å²) in [4.78, 5) is 0. The lowest BCUT2D eigenvalue weighted by molar-refractivity contribution is 0.470. The highest BCUT2D eigenvalue weighted by Gasteiger charge is 2.09. The molecule has 1 atom stereocenters. The molecule has 0 radical (unpaired) electrons. The second-order valence-corrected chi connectivity index (χ2v) is 4.41. The molecule has 0 aliphatic rings. The summed E-state index contributed by atoms with van der Waals surface area (Å²) in [7, 11) is 0. The molecular weight excluding hydrogens is 253 g/mol. The van der Waals surface area contributed by atoms with E-state index >= 15 is 0 Å². The Hall–Kier alpha value is -1.58. The average Bonchev–Trinajstić information content (AvgIpc) is 2.34. The van der Waals surface area contributed by atoms with Crippen molar-refractivity contribution >= 4 is 11.6 Å². The third kappa shape index (κ3) is 2.81. The molecule has 0 aromatic heterocycles. The van der Waals surface area contributed by atoms with Crippen LogP contribution in [0.15, 0.2) is 42.5 Å². The normalized spacial score (nSPS) is 12.2. The maximum atomic E-state index is 13.0. The van der Waals surface area contributed by atoms with Gasteiger partial charge in [-0.15, -0.1) is 0 Å². The van der Waals surface area contributed by atoms with Crippen LogP contribution in [-0.2, 0) is 0 Å². The van der Waals surface area contributed by atoms with Gasteiger partial charge in [0.05, 0.1) is 5.02 Å². The molecule has 0 heterocycles. The molecule has 18 heavy (non-hydrogen) atoms. The standard InChI is InChI=1S/C14H13ClFNO/c1-9(17)11-4-2-3-5-14(11)18-10-6-7-13(16)12(15)8-10/h2-9H,17H2,1H3/t9-/m0/s1. The molecule has 2 N–H and O–H groups in total. The van der Waals surface area contributed by atoms with Gasteiger partial charge in [-0.2, -0.15) is 0 Å². The fraction of sp³-hybridized carbons (Fsp3) is 0.143. The van der Waals surface area contributed by atoms with E-state index in [1.165, 1.54) is 18.2 Å². The number of nitrogens with two attached hydrogens (primary N) is 1. The summed E-state index contributed by atoms with van der Waals surface area (Å²) >= 11 is 5.70. The fourth-order valence-corrected chi connectivity index (χ4v) is 1.79. The van der Waals surface area contributed by atoms with E-state index in [1.807, 2.05) is 31.2 Å². The minimum absolute atomic E-state index is 0.0331. The van der Waals surface area contributed by atoms with Crippen LogP contribution in [0, 0.1) is 5.82 Å². The number of ether oxygens (including phenoxy) is 1. The molecule has 0 aliphatic carbocycles. The summed E-state index contributed by atoms with van der Waals surface area (Å²) in [5.74, 6) is 0.661. The quantitative estimate of drug-likeness (QED) is 0.898. The number of rotatable bonds is 3. The molecule has 2 rings (SSSR count). The molecule has 0 fully saturated rings. The summed E-state index contributed by atoms with van der Waals surface area (Å²) in [6.45, 7) is 1.87. The van der Waals surface area contributed by atoms with Crippen LogP contribution in [0.2, 0.25) is 5.02 Å². The van der Waals surface area contributed by atoms with Crippen LogP contribution in [0.5, 0.6) is 11.5 Å². The summed E-state index contributed by atoms with van der Waals surface area (Å²) in [6.07, 6.45) is 0. The Balaban J connectivity index is 2.31. The summed E-state index contributed by atoms with van der Waals surface area (Å²) < 4.78 is 18.7. The van der Waals surface area contributed by atoms with Gasteiger partial charge in [-0.1, -0.05) is 29.8 Å². The van der Waals surface area contributed by atoms with Gasteiger partial charge in [0.1, 0.15) is 17.3 Å². The van der Waals surface area contributed by atoms with E-state index in [9.17, 15) is 4.39 Å². The van der Waals surface area contributed by atoms with Gasteiger partial charge in [0.15, 0.2) is 0 Å². The minimum Gasteiger partial charge on any atom is -0.457 e. The smallest absolute Gasteiger partial charge is 0.142 e. The maximum Gasteiger partial charge on any atom is 0.142 e. The SMILES string of the molecule is C[C@H](N)c1ccccc1Oc1ccc(F)c(Cl)c1. The topological polar surface area (TPSA) is 35.2 Å². The van der Waals surface area contributed by atoms with Crippen molar-refractivity contribution in [3.05, 3.63) is 58.9 Å². The predicted molar refractivity (Wildman–Crippen MR) is 70.5 cm³/mol. The van der Waals surface area contributed by atoms with E-state index in [1.54, 1.807) is 0 Å². The van der Waals surface area contributed by atoms with E-state index in [4.69, 9.17) is 22.1 Å². The monoisotopic (exact) mass is 265 g/mol. The van der Waals surface area contributed by atoms with Gasteiger partial charge in [0, 0.05) is 17.7 Å². The fourth-order valence-electron chi connectivity index (χ4n) is 1.62. The van der Waals surface area contributed by atoms with Crippen molar-refractivity contribution in [2.24, 2.45) is 5.73 Å². The molecular formula is C14H13ClFNO. The molecule has 0 amide bonds.